The van der Waals surface area contributed by atoms with Gasteiger partial charge in [0, 0.05) is 12.7 Å². The summed E-state index contributed by atoms with van der Waals surface area (Å²) in [7, 11) is 0. The number of hydrogen-bond acceptors (Lipinski definition) is 7. The van der Waals surface area contributed by atoms with Gasteiger partial charge in [-0.15, -0.1) is 0 Å². The Hall–Kier alpha value is -2.66. The third kappa shape index (κ3) is 2.46. The number of hydrogen-bond donors (Lipinski definition) is 1. The molecule has 0 radical (unpaired) electrons. The van der Waals surface area contributed by atoms with Crippen LogP contribution in [-0.2, 0) is 0 Å². The lowest BCUT2D eigenvalue weighted by Gasteiger charge is -2.23. The van der Waals surface area contributed by atoms with Crippen LogP contribution < -0.4 is 10.6 Å². The van der Waals surface area contributed by atoms with Gasteiger partial charge in [-0.2, -0.15) is 10.2 Å². The van der Waals surface area contributed by atoms with E-state index in [2.05, 4.69) is 15.1 Å². The van der Waals surface area contributed by atoms with Crippen LogP contribution in [0.15, 0.2) is 16.8 Å². The van der Waals surface area contributed by atoms with Crippen LogP contribution >= 0.6 is 11.6 Å². The number of nitrogens with two attached hydrogens (primary N) is 1. The fourth-order valence-corrected chi connectivity index (χ4v) is 2.73. The summed E-state index contributed by atoms with van der Waals surface area (Å²) in [4.78, 5) is 21.2. The minimum Gasteiger partial charge on any atom is -0.363 e. The van der Waals surface area contributed by atoms with Gasteiger partial charge in [-0.1, -0.05) is 16.8 Å². The van der Waals surface area contributed by atoms with Gasteiger partial charge in [0.25, 0.3) is 11.7 Å². The number of carbonyl (C=O) groups is 1. The summed E-state index contributed by atoms with van der Waals surface area (Å²) in [6.07, 6.45) is 3.11. The molecule has 3 heterocycles. The van der Waals surface area contributed by atoms with E-state index in [1.807, 2.05) is 11.0 Å². The number of aromatic nitrogens is 3. The molecular weight excluding hydrogens is 308 g/mol. The predicted molar refractivity (Wildman–Crippen MR) is 76.1 cm³/mol. The molecule has 22 heavy (non-hydrogen) atoms. The minimum absolute atomic E-state index is 0.152. The topological polar surface area (TPSA) is 122 Å². The van der Waals surface area contributed by atoms with Gasteiger partial charge >= 0.3 is 0 Å². The molecule has 2 aromatic heterocycles. The molecule has 9 heteroatoms. The number of halogens is 1. The summed E-state index contributed by atoms with van der Waals surface area (Å²) in [5, 5.41) is 12.8. The Morgan fingerprint density at radius 1 is 1.59 bits per heavy atom. The number of rotatable bonds is 3. The van der Waals surface area contributed by atoms with Crippen molar-refractivity contribution in [2.45, 2.75) is 18.9 Å². The first-order valence-corrected chi connectivity index (χ1v) is 6.93. The maximum atomic E-state index is 11.1. The van der Waals surface area contributed by atoms with Gasteiger partial charge in [0.2, 0.25) is 5.89 Å². The van der Waals surface area contributed by atoms with E-state index < -0.39 is 5.91 Å². The van der Waals surface area contributed by atoms with Crippen LogP contribution in [0.5, 0.6) is 0 Å². The average Bonchev–Trinajstić information content (AvgIpc) is 3.15. The first-order valence-electron chi connectivity index (χ1n) is 6.56. The first-order chi connectivity index (χ1) is 10.6. The molecule has 2 N–H and O–H groups in total. The van der Waals surface area contributed by atoms with Crippen molar-refractivity contribution in [3.05, 3.63) is 34.6 Å². The van der Waals surface area contributed by atoms with E-state index >= 15 is 0 Å². The smallest absolute Gasteiger partial charge is 0.290 e. The standard InChI is InChI=1S/C13H11ClN6O2/c14-8-4-7(5-15)6-17-12(8)20-3-1-2-9(20)13-18-11(10(16)21)19-22-13/h4,6,9H,1-3H2,(H2,16,21)/t9-/m1/s1. The lowest BCUT2D eigenvalue weighted by Crippen LogP contribution is -2.24. The maximum Gasteiger partial charge on any atom is 0.290 e. The second-order valence-electron chi connectivity index (χ2n) is 4.81. The van der Waals surface area contributed by atoms with Crippen molar-refractivity contribution in [2.75, 3.05) is 11.4 Å². The summed E-state index contributed by atoms with van der Waals surface area (Å²) in [6.45, 7) is 0.706. The van der Waals surface area contributed by atoms with E-state index in [0.717, 1.165) is 12.8 Å². The normalized spacial score (nSPS) is 17.5. The van der Waals surface area contributed by atoms with Gasteiger partial charge < -0.3 is 15.2 Å². The Morgan fingerprint density at radius 3 is 3.05 bits per heavy atom. The average molecular weight is 319 g/mol. The van der Waals surface area contributed by atoms with Crippen molar-refractivity contribution < 1.29 is 9.32 Å². The molecule has 2 aromatic rings. The quantitative estimate of drug-likeness (QED) is 0.908. The fraction of sp³-hybridized carbons (Fsp3) is 0.308. The van der Waals surface area contributed by atoms with Crippen LogP contribution in [0.2, 0.25) is 5.02 Å². The number of amides is 1. The molecule has 0 bridgehead atoms. The highest BCUT2D eigenvalue weighted by Crippen LogP contribution is 2.37. The van der Waals surface area contributed by atoms with Crippen LogP contribution in [-0.4, -0.2) is 27.6 Å². The second kappa shape index (κ2) is 5.61. The Morgan fingerprint density at radius 2 is 2.41 bits per heavy atom. The van der Waals surface area contributed by atoms with Crippen molar-refractivity contribution in [3.63, 3.8) is 0 Å². The Balaban J connectivity index is 1.93. The molecule has 1 aliphatic heterocycles. The molecule has 0 saturated carbocycles. The highest BCUT2D eigenvalue weighted by Gasteiger charge is 2.33. The SMILES string of the molecule is N#Cc1cnc(N2CCC[C@@H]2c2nc(C(N)=O)no2)c(Cl)c1. The van der Waals surface area contributed by atoms with E-state index in [0.29, 0.717) is 28.8 Å². The van der Waals surface area contributed by atoms with Crippen LogP contribution in [0, 0.1) is 11.3 Å². The molecule has 3 rings (SSSR count). The van der Waals surface area contributed by atoms with Crippen LogP contribution in [0.1, 0.15) is 41.0 Å². The molecule has 0 aliphatic carbocycles. The Kier molecular flexibility index (Phi) is 3.65. The predicted octanol–water partition coefficient (Wildman–Crippen LogP) is 1.43. The molecule has 0 spiro atoms. The highest BCUT2D eigenvalue weighted by molar-refractivity contribution is 6.33. The van der Waals surface area contributed by atoms with E-state index in [-0.39, 0.29) is 11.9 Å². The molecule has 8 nitrogen and oxygen atoms in total. The largest absolute Gasteiger partial charge is 0.363 e. The Bertz CT molecular complexity index is 768. The zero-order valence-electron chi connectivity index (χ0n) is 11.4. The molecule has 1 amide bonds. The fourth-order valence-electron chi connectivity index (χ4n) is 2.45. The molecule has 1 saturated heterocycles. The molecule has 1 fully saturated rings. The zero-order chi connectivity index (χ0) is 15.7. The third-order valence-corrected chi connectivity index (χ3v) is 3.70. The monoisotopic (exact) mass is 318 g/mol. The minimum atomic E-state index is -0.742. The van der Waals surface area contributed by atoms with E-state index in [1.165, 1.54) is 6.20 Å². The van der Waals surface area contributed by atoms with Crippen molar-refractivity contribution in [2.24, 2.45) is 5.73 Å². The zero-order valence-corrected chi connectivity index (χ0v) is 12.1. The molecule has 112 valence electrons. The van der Waals surface area contributed by atoms with Crippen molar-refractivity contribution in [1.82, 2.24) is 15.1 Å². The first kappa shape index (κ1) is 14.3. The van der Waals surface area contributed by atoms with E-state index in [4.69, 9.17) is 27.1 Å². The van der Waals surface area contributed by atoms with Gasteiger partial charge in [0.15, 0.2) is 0 Å². The molecule has 0 aromatic carbocycles. The van der Waals surface area contributed by atoms with Gasteiger partial charge in [-0.25, -0.2) is 4.98 Å². The second-order valence-corrected chi connectivity index (χ2v) is 5.22. The van der Waals surface area contributed by atoms with Crippen molar-refractivity contribution in [3.8, 4) is 6.07 Å². The molecule has 1 atom stereocenters. The van der Waals surface area contributed by atoms with Crippen LogP contribution in [0.4, 0.5) is 5.82 Å². The van der Waals surface area contributed by atoms with Crippen LogP contribution in [0.3, 0.4) is 0 Å². The number of pyridine rings is 1. The van der Waals surface area contributed by atoms with E-state index in [1.54, 1.807) is 6.07 Å². The number of carbonyl (C=O) groups excluding carboxylic acids is 1. The summed E-state index contributed by atoms with van der Waals surface area (Å²) in [5.74, 6) is -0.0506. The summed E-state index contributed by atoms with van der Waals surface area (Å²) in [5.41, 5.74) is 5.51. The number of nitrogens with zero attached hydrogens (tertiary/aromatic N) is 5. The summed E-state index contributed by atoms with van der Waals surface area (Å²) < 4.78 is 5.12. The summed E-state index contributed by atoms with van der Waals surface area (Å²) in [6, 6.07) is 3.32. The van der Waals surface area contributed by atoms with Gasteiger partial charge in [0.1, 0.15) is 17.9 Å². The summed E-state index contributed by atoms with van der Waals surface area (Å²) >= 11 is 6.20. The number of nitriles is 1. The molecular formula is C13H11ClN6O2. The third-order valence-electron chi connectivity index (χ3n) is 3.42. The van der Waals surface area contributed by atoms with E-state index in [9.17, 15) is 4.79 Å². The van der Waals surface area contributed by atoms with Gasteiger partial charge in [-0.05, 0) is 18.9 Å². The lowest BCUT2D eigenvalue weighted by molar-refractivity contribution is 0.0987. The van der Waals surface area contributed by atoms with Crippen molar-refractivity contribution >= 4 is 23.3 Å². The highest BCUT2D eigenvalue weighted by atomic mass is 35.5. The number of primary amides is 1. The maximum absolute atomic E-state index is 11.1. The number of anilines is 1. The Labute approximate surface area is 130 Å². The van der Waals surface area contributed by atoms with Gasteiger partial charge in [0.05, 0.1) is 10.6 Å². The molecule has 0 unspecified atom stereocenters. The van der Waals surface area contributed by atoms with Crippen molar-refractivity contribution in [1.29, 1.82) is 5.26 Å². The molecule has 1 aliphatic rings. The van der Waals surface area contributed by atoms with Gasteiger partial charge in [-0.3, -0.25) is 4.79 Å². The lowest BCUT2D eigenvalue weighted by atomic mass is 10.2. The van der Waals surface area contributed by atoms with Crippen LogP contribution in [0.25, 0.3) is 0 Å².